The van der Waals surface area contributed by atoms with Gasteiger partial charge in [0.15, 0.2) is 0 Å². The number of nitrogens with two attached hydrogens (primary N) is 1. The van der Waals surface area contributed by atoms with E-state index < -0.39 is 0 Å². The molecule has 0 saturated heterocycles. The molecule has 2 nitrogen and oxygen atoms in total. The molecule has 84 valence electrons. The summed E-state index contributed by atoms with van der Waals surface area (Å²) in [5, 5.41) is 3.04. The predicted octanol–water partition coefficient (Wildman–Crippen LogP) is 3.26. The maximum absolute atomic E-state index is 13.3. The van der Waals surface area contributed by atoms with Crippen molar-refractivity contribution >= 4 is 11.4 Å². The Morgan fingerprint density at radius 1 is 1.33 bits per heavy atom. The third kappa shape index (κ3) is 3.78. The van der Waals surface area contributed by atoms with Crippen molar-refractivity contribution in [2.24, 2.45) is 5.41 Å². The maximum atomic E-state index is 13.3. The number of benzene rings is 1. The highest BCUT2D eigenvalue weighted by molar-refractivity contribution is 5.66. The Labute approximate surface area is 90.7 Å². The summed E-state index contributed by atoms with van der Waals surface area (Å²) in [4.78, 5) is 0. The molecule has 0 unspecified atom stereocenters. The standard InChI is InChI=1S/C12H19FN2/c1-12(2,3)7-8-15-11-9(13)5-4-6-10(11)14/h4-6,15H,7-8,14H2,1-3H3. The molecule has 15 heavy (non-hydrogen) atoms. The van der Waals surface area contributed by atoms with Crippen LogP contribution in [-0.2, 0) is 0 Å². The minimum absolute atomic E-state index is 0.243. The highest BCUT2D eigenvalue weighted by Crippen LogP contribution is 2.23. The van der Waals surface area contributed by atoms with E-state index in [2.05, 4.69) is 26.1 Å². The van der Waals surface area contributed by atoms with E-state index in [1.54, 1.807) is 12.1 Å². The lowest BCUT2D eigenvalue weighted by atomic mass is 9.92. The first-order valence-corrected chi connectivity index (χ1v) is 5.18. The molecule has 0 aliphatic heterocycles. The van der Waals surface area contributed by atoms with Crippen LogP contribution in [-0.4, -0.2) is 6.54 Å². The minimum Gasteiger partial charge on any atom is -0.397 e. The van der Waals surface area contributed by atoms with Gasteiger partial charge in [-0.3, -0.25) is 0 Å². The molecule has 3 heteroatoms. The molecule has 0 aliphatic carbocycles. The van der Waals surface area contributed by atoms with Gasteiger partial charge in [0.1, 0.15) is 5.82 Å². The number of nitrogens with one attached hydrogen (secondary N) is 1. The van der Waals surface area contributed by atoms with Crippen LogP contribution in [0.1, 0.15) is 27.2 Å². The Morgan fingerprint density at radius 2 is 2.00 bits per heavy atom. The van der Waals surface area contributed by atoms with E-state index in [0.717, 1.165) is 13.0 Å². The van der Waals surface area contributed by atoms with Crippen LogP contribution in [0.15, 0.2) is 18.2 Å². The molecule has 0 spiro atoms. The molecule has 0 heterocycles. The molecule has 0 aromatic heterocycles. The average Bonchev–Trinajstić information content (AvgIpc) is 2.08. The monoisotopic (exact) mass is 210 g/mol. The van der Waals surface area contributed by atoms with Crippen LogP contribution in [0.2, 0.25) is 0 Å². The highest BCUT2D eigenvalue weighted by atomic mass is 19.1. The van der Waals surface area contributed by atoms with E-state index in [9.17, 15) is 4.39 Å². The van der Waals surface area contributed by atoms with Gasteiger partial charge in [-0.05, 0) is 24.0 Å². The first-order valence-electron chi connectivity index (χ1n) is 5.18. The van der Waals surface area contributed by atoms with Gasteiger partial charge in [-0.25, -0.2) is 4.39 Å². The van der Waals surface area contributed by atoms with Gasteiger partial charge in [0.2, 0.25) is 0 Å². The SMILES string of the molecule is CC(C)(C)CCNc1c(N)cccc1F. The van der Waals surface area contributed by atoms with Crippen LogP contribution < -0.4 is 11.1 Å². The predicted molar refractivity (Wildman–Crippen MR) is 63.4 cm³/mol. The summed E-state index contributed by atoms with van der Waals surface area (Å²) in [6.07, 6.45) is 0.973. The summed E-state index contributed by atoms with van der Waals surface area (Å²) in [7, 11) is 0. The van der Waals surface area contributed by atoms with Crippen molar-refractivity contribution in [1.82, 2.24) is 0 Å². The van der Waals surface area contributed by atoms with Gasteiger partial charge in [-0.2, -0.15) is 0 Å². The van der Waals surface area contributed by atoms with Crippen LogP contribution in [0.4, 0.5) is 15.8 Å². The zero-order valence-electron chi connectivity index (χ0n) is 9.60. The molecule has 0 aliphatic rings. The molecule has 1 aromatic rings. The summed E-state index contributed by atoms with van der Waals surface area (Å²) < 4.78 is 13.3. The van der Waals surface area contributed by atoms with E-state index in [1.165, 1.54) is 6.07 Å². The van der Waals surface area contributed by atoms with Crippen molar-refractivity contribution in [2.75, 3.05) is 17.6 Å². The number of anilines is 2. The summed E-state index contributed by atoms with van der Waals surface area (Å²) >= 11 is 0. The second kappa shape index (κ2) is 4.51. The molecule has 0 saturated carbocycles. The molecule has 0 fully saturated rings. The lowest BCUT2D eigenvalue weighted by Crippen LogP contribution is -2.14. The van der Waals surface area contributed by atoms with Crippen LogP contribution in [0.25, 0.3) is 0 Å². The minimum atomic E-state index is -0.288. The molecule has 3 N–H and O–H groups in total. The van der Waals surface area contributed by atoms with Gasteiger partial charge in [0.25, 0.3) is 0 Å². The lowest BCUT2D eigenvalue weighted by Gasteiger charge is -2.19. The quantitative estimate of drug-likeness (QED) is 0.751. The number of nitrogen functional groups attached to an aromatic ring is 1. The topological polar surface area (TPSA) is 38.0 Å². The van der Waals surface area contributed by atoms with E-state index in [0.29, 0.717) is 11.4 Å². The second-order valence-electron chi connectivity index (χ2n) is 4.94. The van der Waals surface area contributed by atoms with E-state index >= 15 is 0 Å². The van der Waals surface area contributed by atoms with Crippen molar-refractivity contribution in [3.8, 4) is 0 Å². The lowest BCUT2D eigenvalue weighted by molar-refractivity contribution is 0.389. The van der Waals surface area contributed by atoms with Crippen molar-refractivity contribution in [1.29, 1.82) is 0 Å². The number of hydrogen-bond donors (Lipinski definition) is 2. The first-order chi connectivity index (χ1) is 6.90. The fraction of sp³-hybridized carbons (Fsp3) is 0.500. The average molecular weight is 210 g/mol. The normalized spacial score (nSPS) is 11.5. The molecular weight excluding hydrogens is 191 g/mol. The Morgan fingerprint density at radius 3 is 2.53 bits per heavy atom. The van der Waals surface area contributed by atoms with Crippen molar-refractivity contribution in [3.05, 3.63) is 24.0 Å². The third-order valence-corrected chi connectivity index (χ3v) is 2.22. The number of para-hydroxylation sites is 1. The van der Waals surface area contributed by atoms with Crippen LogP contribution in [0.5, 0.6) is 0 Å². The van der Waals surface area contributed by atoms with Crippen LogP contribution >= 0.6 is 0 Å². The molecule has 0 amide bonds. The van der Waals surface area contributed by atoms with Crippen molar-refractivity contribution < 1.29 is 4.39 Å². The van der Waals surface area contributed by atoms with Crippen molar-refractivity contribution in [2.45, 2.75) is 27.2 Å². The summed E-state index contributed by atoms with van der Waals surface area (Å²) in [6.45, 7) is 7.19. The van der Waals surface area contributed by atoms with E-state index in [-0.39, 0.29) is 11.2 Å². The zero-order valence-corrected chi connectivity index (χ0v) is 9.60. The largest absolute Gasteiger partial charge is 0.397 e. The third-order valence-electron chi connectivity index (χ3n) is 2.22. The fourth-order valence-corrected chi connectivity index (χ4v) is 1.29. The Hall–Kier alpha value is -1.25. The summed E-state index contributed by atoms with van der Waals surface area (Å²) in [5.74, 6) is -0.288. The fourth-order valence-electron chi connectivity index (χ4n) is 1.29. The Kier molecular flexibility index (Phi) is 3.56. The van der Waals surface area contributed by atoms with Gasteiger partial charge in [0.05, 0.1) is 11.4 Å². The Balaban J connectivity index is 2.58. The highest BCUT2D eigenvalue weighted by Gasteiger charge is 2.10. The molecular formula is C12H19FN2. The molecule has 0 bridgehead atoms. The van der Waals surface area contributed by atoms with Crippen LogP contribution in [0.3, 0.4) is 0 Å². The zero-order chi connectivity index (χ0) is 11.5. The number of rotatable bonds is 3. The van der Waals surface area contributed by atoms with Gasteiger partial charge in [0, 0.05) is 6.54 Å². The Bertz CT molecular complexity index is 309. The van der Waals surface area contributed by atoms with Gasteiger partial charge in [-0.15, -0.1) is 0 Å². The van der Waals surface area contributed by atoms with Gasteiger partial charge < -0.3 is 11.1 Å². The molecule has 1 rings (SSSR count). The van der Waals surface area contributed by atoms with Crippen LogP contribution in [0, 0.1) is 11.2 Å². The number of halogens is 1. The molecule has 0 atom stereocenters. The van der Waals surface area contributed by atoms with Gasteiger partial charge in [-0.1, -0.05) is 26.8 Å². The first kappa shape index (κ1) is 11.8. The smallest absolute Gasteiger partial charge is 0.148 e. The molecule has 0 radical (unpaired) electrons. The summed E-state index contributed by atoms with van der Waals surface area (Å²) in [5.41, 5.74) is 6.79. The van der Waals surface area contributed by atoms with Crippen molar-refractivity contribution in [3.63, 3.8) is 0 Å². The summed E-state index contributed by atoms with van der Waals surface area (Å²) in [6, 6.07) is 4.72. The van der Waals surface area contributed by atoms with E-state index in [1.807, 2.05) is 0 Å². The van der Waals surface area contributed by atoms with Gasteiger partial charge >= 0.3 is 0 Å². The second-order valence-corrected chi connectivity index (χ2v) is 4.94. The maximum Gasteiger partial charge on any atom is 0.148 e. The molecule has 1 aromatic carbocycles. The van der Waals surface area contributed by atoms with E-state index in [4.69, 9.17) is 5.73 Å². The number of hydrogen-bond acceptors (Lipinski definition) is 2.